The first-order valence-electron chi connectivity index (χ1n) is 6.58. The van der Waals surface area contributed by atoms with Gasteiger partial charge in [0.1, 0.15) is 0 Å². The van der Waals surface area contributed by atoms with Crippen molar-refractivity contribution in [2.75, 3.05) is 13.7 Å². The van der Waals surface area contributed by atoms with Crippen molar-refractivity contribution in [3.05, 3.63) is 23.8 Å². The number of nitrogens with one attached hydrogen (secondary N) is 1. The van der Waals surface area contributed by atoms with Crippen molar-refractivity contribution in [3.8, 4) is 11.5 Å². The van der Waals surface area contributed by atoms with Gasteiger partial charge >= 0.3 is 6.61 Å². The van der Waals surface area contributed by atoms with Gasteiger partial charge in [0.25, 0.3) is 0 Å². The number of halogens is 2. The van der Waals surface area contributed by atoms with Crippen LogP contribution >= 0.6 is 0 Å². The van der Waals surface area contributed by atoms with E-state index in [1.807, 2.05) is 6.92 Å². The van der Waals surface area contributed by atoms with Gasteiger partial charge < -0.3 is 19.9 Å². The van der Waals surface area contributed by atoms with Crippen LogP contribution in [0.15, 0.2) is 18.2 Å². The first kappa shape index (κ1) is 16.7. The second-order valence-corrected chi connectivity index (χ2v) is 4.35. The van der Waals surface area contributed by atoms with Gasteiger partial charge in [-0.3, -0.25) is 0 Å². The smallest absolute Gasteiger partial charge is 0.387 e. The Bertz CT molecular complexity index is 402. The van der Waals surface area contributed by atoms with E-state index in [4.69, 9.17) is 4.74 Å². The Hall–Kier alpha value is -1.40. The Kier molecular flexibility index (Phi) is 7.25. The number of hydrogen-bond acceptors (Lipinski definition) is 4. The van der Waals surface area contributed by atoms with E-state index in [1.165, 1.54) is 7.11 Å². The topological polar surface area (TPSA) is 50.7 Å². The van der Waals surface area contributed by atoms with E-state index in [0.717, 1.165) is 0 Å². The van der Waals surface area contributed by atoms with Crippen LogP contribution in [0.25, 0.3) is 0 Å². The third-order valence-corrected chi connectivity index (χ3v) is 2.93. The molecule has 4 nitrogen and oxygen atoms in total. The van der Waals surface area contributed by atoms with Crippen LogP contribution < -0.4 is 14.8 Å². The van der Waals surface area contributed by atoms with Crippen molar-refractivity contribution in [1.29, 1.82) is 0 Å². The fraction of sp³-hybridized carbons (Fsp3) is 0.571. The molecule has 0 radical (unpaired) electrons. The molecule has 114 valence electrons. The number of para-hydroxylation sites is 1. The Morgan fingerprint density at radius 1 is 1.35 bits per heavy atom. The molecule has 0 amide bonds. The molecular formula is C14H21F2NO3. The predicted molar refractivity (Wildman–Crippen MR) is 72.2 cm³/mol. The van der Waals surface area contributed by atoms with Crippen LogP contribution in [0.3, 0.4) is 0 Å². The molecular weight excluding hydrogens is 268 g/mol. The van der Waals surface area contributed by atoms with Crippen LogP contribution in [-0.2, 0) is 6.54 Å². The summed E-state index contributed by atoms with van der Waals surface area (Å²) in [5.74, 6) is 0.326. The lowest BCUT2D eigenvalue weighted by Gasteiger charge is -2.15. The zero-order chi connectivity index (χ0) is 15.0. The second kappa shape index (κ2) is 8.71. The summed E-state index contributed by atoms with van der Waals surface area (Å²) in [5.41, 5.74) is 0.593. The summed E-state index contributed by atoms with van der Waals surface area (Å²) in [6, 6.07) is 4.99. The van der Waals surface area contributed by atoms with Crippen molar-refractivity contribution in [2.24, 2.45) is 0 Å². The minimum absolute atomic E-state index is 0.0496. The maximum Gasteiger partial charge on any atom is 0.387 e. The number of aliphatic hydroxyl groups is 1. The fourth-order valence-electron chi connectivity index (χ4n) is 1.78. The molecule has 6 heteroatoms. The van der Waals surface area contributed by atoms with Gasteiger partial charge in [-0.15, -0.1) is 0 Å². The van der Waals surface area contributed by atoms with Gasteiger partial charge in [-0.2, -0.15) is 8.78 Å². The highest BCUT2D eigenvalue weighted by atomic mass is 19.3. The van der Waals surface area contributed by atoms with E-state index in [-0.39, 0.29) is 17.6 Å². The first-order valence-corrected chi connectivity index (χ1v) is 6.58. The highest BCUT2D eigenvalue weighted by Gasteiger charge is 2.14. The van der Waals surface area contributed by atoms with Gasteiger partial charge in [-0.25, -0.2) is 0 Å². The molecule has 0 fully saturated rings. The Morgan fingerprint density at radius 3 is 2.70 bits per heavy atom. The summed E-state index contributed by atoms with van der Waals surface area (Å²) in [6.45, 7) is -0.0240. The number of benzene rings is 1. The average molecular weight is 289 g/mol. The van der Waals surface area contributed by atoms with Crippen LogP contribution in [0.5, 0.6) is 11.5 Å². The number of aliphatic hydroxyl groups excluding tert-OH is 1. The van der Waals surface area contributed by atoms with Crippen LogP contribution in [0.2, 0.25) is 0 Å². The van der Waals surface area contributed by atoms with Crippen molar-refractivity contribution >= 4 is 0 Å². The summed E-state index contributed by atoms with van der Waals surface area (Å²) < 4.78 is 34.4. The van der Waals surface area contributed by atoms with E-state index in [9.17, 15) is 13.9 Å². The minimum Gasteiger partial charge on any atom is -0.493 e. The molecule has 2 N–H and O–H groups in total. The molecule has 1 atom stereocenters. The van der Waals surface area contributed by atoms with Crippen LogP contribution in [0.4, 0.5) is 8.78 Å². The molecule has 0 aliphatic rings. The summed E-state index contributed by atoms with van der Waals surface area (Å²) >= 11 is 0. The molecule has 0 aliphatic carbocycles. The maximum absolute atomic E-state index is 12.4. The molecule has 0 aliphatic heterocycles. The van der Waals surface area contributed by atoms with Crippen molar-refractivity contribution < 1.29 is 23.4 Å². The van der Waals surface area contributed by atoms with Gasteiger partial charge in [-0.1, -0.05) is 19.1 Å². The Balaban J connectivity index is 2.64. The molecule has 0 aromatic heterocycles. The fourth-order valence-corrected chi connectivity index (χ4v) is 1.78. The maximum atomic E-state index is 12.4. The molecule has 0 saturated heterocycles. The third kappa shape index (κ3) is 5.30. The molecule has 1 unspecified atom stereocenters. The third-order valence-electron chi connectivity index (χ3n) is 2.93. The summed E-state index contributed by atoms with van der Waals surface area (Å²) in [7, 11) is 1.41. The molecule has 0 spiro atoms. The molecule has 1 rings (SSSR count). The number of ether oxygens (including phenoxy) is 2. The zero-order valence-electron chi connectivity index (χ0n) is 11.7. The predicted octanol–water partition coefficient (Wildman–Crippen LogP) is 2.55. The van der Waals surface area contributed by atoms with Crippen LogP contribution in [0, 0.1) is 0 Å². The monoisotopic (exact) mass is 289 g/mol. The minimum atomic E-state index is -2.90. The van der Waals surface area contributed by atoms with E-state index in [2.05, 4.69) is 10.1 Å². The average Bonchev–Trinajstić information content (AvgIpc) is 2.43. The van der Waals surface area contributed by atoms with E-state index < -0.39 is 6.61 Å². The molecule has 1 aromatic carbocycles. The van der Waals surface area contributed by atoms with E-state index in [1.54, 1.807) is 18.2 Å². The van der Waals surface area contributed by atoms with E-state index >= 15 is 0 Å². The molecule has 20 heavy (non-hydrogen) atoms. The van der Waals surface area contributed by atoms with Crippen molar-refractivity contribution in [2.45, 2.75) is 39.0 Å². The number of alkyl halides is 2. The quantitative estimate of drug-likeness (QED) is 0.686. The zero-order valence-corrected chi connectivity index (χ0v) is 11.7. The molecule has 0 heterocycles. The lowest BCUT2D eigenvalue weighted by molar-refractivity contribution is -0.0518. The van der Waals surface area contributed by atoms with Gasteiger partial charge in [-0.05, 0) is 25.5 Å². The lowest BCUT2D eigenvalue weighted by Crippen LogP contribution is -2.20. The highest BCUT2D eigenvalue weighted by molar-refractivity contribution is 5.46. The number of methoxy groups -OCH3 is 1. The summed E-state index contributed by atoms with van der Waals surface area (Å²) in [6.07, 6.45) is 0.969. The van der Waals surface area contributed by atoms with Gasteiger partial charge in [0.05, 0.1) is 13.2 Å². The normalized spacial score (nSPS) is 12.5. The van der Waals surface area contributed by atoms with Crippen molar-refractivity contribution in [3.63, 3.8) is 0 Å². The molecule has 0 saturated carbocycles. The first-order chi connectivity index (χ1) is 9.58. The number of rotatable bonds is 9. The van der Waals surface area contributed by atoms with Crippen LogP contribution in [0.1, 0.15) is 25.3 Å². The molecule has 1 aromatic rings. The van der Waals surface area contributed by atoms with Gasteiger partial charge in [0.2, 0.25) is 0 Å². The largest absolute Gasteiger partial charge is 0.493 e. The molecule has 0 bridgehead atoms. The number of hydrogen-bond donors (Lipinski definition) is 2. The SMILES string of the molecule is CCC(O)CCNCc1cccc(OC)c1OC(F)F. The summed E-state index contributed by atoms with van der Waals surface area (Å²) in [5, 5.41) is 12.5. The lowest BCUT2D eigenvalue weighted by atomic mass is 10.1. The van der Waals surface area contributed by atoms with Gasteiger partial charge in [0, 0.05) is 12.1 Å². The summed E-state index contributed by atoms with van der Waals surface area (Å²) in [4.78, 5) is 0. The highest BCUT2D eigenvalue weighted by Crippen LogP contribution is 2.32. The Morgan fingerprint density at radius 2 is 2.10 bits per heavy atom. The second-order valence-electron chi connectivity index (χ2n) is 4.35. The van der Waals surface area contributed by atoms with E-state index in [0.29, 0.717) is 31.5 Å². The van der Waals surface area contributed by atoms with Crippen molar-refractivity contribution in [1.82, 2.24) is 5.32 Å². The van der Waals surface area contributed by atoms with Gasteiger partial charge in [0.15, 0.2) is 11.5 Å². The van der Waals surface area contributed by atoms with Crippen LogP contribution in [-0.4, -0.2) is 31.5 Å². The Labute approximate surface area is 117 Å². The standard InChI is InChI=1S/C14H21F2NO3/c1-3-11(18)7-8-17-9-10-5-4-6-12(19-2)13(10)20-14(15)16/h4-6,11,14,17-18H,3,7-9H2,1-2H3.